The molecule has 1 N–H and O–H groups in total. The molecule has 7 heteroatoms. The monoisotopic (exact) mass is 297 g/mol. The maximum atomic E-state index is 12.1. The molecule has 1 saturated heterocycles. The molecule has 0 aromatic carbocycles. The zero-order valence-corrected chi connectivity index (χ0v) is 12.6. The molecule has 7 nitrogen and oxygen atoms in total. The van der Waals surface area contributed by atoms with Gasteiger partial charge in [0.1, 0.15) is 0 Å². The van der Waals surface area contributed by atoms with Crippen molar-refractivity contribution >= 4 is 5.69 Å². The van der Waals surface area contributed by atoms with Gasteiger partial charge in [-0.15, -0.1) is 0 Å². The Balaban J connectivity index is 2.00. The van der Waals surface area contributed by atoms with Crippen molar-refractivity contribution in [3.63, 3.8) is 0 Å². The zero-order chi connectivity index (χ0) is 15.2. The highest BCUT2D eigenvalue weighted by Gasteiger charge is 2.24. The van der Waals surface area contributed by atoms with Crippen LogP contribution in [0.15, 0.2) is 17.1 Å². The lowest BCUT2D eigenvalue weighted by molar-refractivity contribution is 0.0735. The van der Waals surface area contributed by atoms with E-state index in [2.05, 4.69) is 5.10 Å². The average molecular weight is 297 g/mol. The number of hydrogen-bond donors (Lipinski definition) is 1. The van der Waals surface area contributed by atoms with Crippen LogP contribution in [-0.2, 0) is 16.0 Å². The van der Waals surface area contributed by atoms with Gasteiger partial charge in [0.25, 0.3) is 5.56 Å². The predicted molar refractivity (Wildman–Crippen MR) is 78.6 cm³/mol. The third-order valence-corrected chi connectivity index (χ3v) is 3.80. The van der Waals surface area contributed by atoms with Crippen molar-refractivity contribution in [2.75, 3.05) is 45.4 Å². The minimum absolute atomic E-state index is 0.0859. The van der Waals surface area contributed by atoms with Gasteiger partial charge in [0.2, 0.25) is 0 Å². The van der Waals surface area contributed by atoms with E-state index in [1.807, 2.05) is 11.9 Å². The van der Waals surface area contributed by atoms with Crippen molar-refractivity contribution in [2.45, 2.75) is 19.1 Å². The summed E-state index contributed by atoms with van der Waals surface area (Å²) in [4.78, 5) is 14.0. The largest absolute Gasteiger partial charge is 0.391 e. The molecule has 0 bridgehead atoms. The van der Waals surface area contributed by atoms with Gasteiger partial charge in [0.05, 0.1) is 37.7 Å². The number of aliphatic hydroxyl groups excluding tert-OH is 1. The SMILES string of the molecule is COCCN(C)c1cnn(CC(O)C2CCOC2)c(=O)c1. The van der Waals surface area contributed by atoms with E-state index in [4.69, 9.17) is 9.47 Å². The van der Waals surface area contributed by atoms with Crippen LogP contribution in [0.5, 0.6) is 0 Å². The molecule has 0 radical (unpaired) electrons. The lowest BCUT2D eigenvalue weighted by Gasteiger charge is -2.20. The summed E-state index contributed by atoms with van der Waals surface area (Å²) in [5.74, 6) is 0.0859. The lowest BCUT2D eigenvalue weighted by atomic mass is 10.0. The topological polar surface area (TPSA) is 76.8 Å². The second kappa shape index (κ2) is 7.53. The van der Waals surface area contributed by atoms with Crippen molar-refractivity contribution < 1.29 is 14.6 Å². The molecule has 1 aliphatic heterocycles. The normalized spacial score (nSPS) is 19.7. The molecule has 0 aliphatic carbocycles. The minimum Gasteiger partial charge on any atom is -0.391 e. The molecule has 0 saturated carbocycles. The number of methoxy groups -OCH3 is 1. The van der Waals surface area contributed by atoms with Crippen LogP contribution in [0.3, 0.4) is 0 Å². The van der Waals surface area contributed by atoms with Crippen LogP contribution in [0.2, 0.25) is 0 Å². The number of rotatable bonds is 7. The fourth-order valence-electron chi connectivity index (χ4n) is 2.31. The Morgan fingerprint density at radius 2 is 2.48 bits per heavy atom. The van der Waals surface area contributed by atoms with E-state index in [0.717, 1.165) is 12.1 Å². The zero-order valence-electron chi connectivity index (χ0n) is 12.6. The summed E-state index contributed by atoms with van der Waals surface area (Å²) < 4.78 is 11.6. The number of hydrogen-bond acceptors (Lipinski definition) is 6. The summed E-state index contributed by atoms with van der Waals surface area (Å²) in [7, 11) is 3.52. The summed E-state index contributed by atoms with van der Waals surface area (Å²) in [6.45, 7) is 2.69. The van der Waals surface area contributed by atoms with E-state index in [1.54, 1.807) is 13.3 Å². The fourth-order valence-corrected chi connectivity index (χ4v) is 2.31. The quantitative estimate of drug-likeness (QED) is 0.746. The first-order valence-electron chi connectivity index (χ1n) is 7.15. The molecule has 0 amide bonds. The van der Waals surface area contributed by atoms with E-state index < -0.39 is 6.10 Å². The van der Waals surface area contributed by atoms with Gasteiger partial charge < -0.3 is 19.5 Å². The molecule has 21 heavy (non-hydrogen) atoms. The van der Waals surface area contributed by atoms with Crippen molar-refractivity contribution in [1.82, 2.24) is 9.78 Å². The summed E-state index contributed by atoms with van der Waals surface area (Å²) in [6.07, 6.45) is 1.86. The molecule has 1 aliphatic rings. The van der Waals surface area contributed by atoms with Crippen LogP contribution >= 0.6 is 0 Å². The standard InChI is InChI=1S/C14H23N3O4/c1-16(4-6-20-2)12-7-14(19)17(15-8-12)9-13(18)11-3-5-21-10-11/h7-8,11,13,18H,3-6,9-10H2,1-2H3. The first kappa shape index (κ1) is 15.9. The van der Waals surface area contributed by atoms with Crippen LogP contribution in [-0.4, -0.2) is 61.5 Å². The van der Waals surface area contributed by atoms with E-state index >= 15 is 0 Å². The summed E-state index contributed by atoms with van der Waals surface area (Å²) in [5, 5.41) is 14.3. The Hall–Kier alpha value is -1.44. The number of ether oxygens (including phenoxy) is 2. The number of aromatic nitrogens is 2. The maximum Gasteiger partial charge on any atom is 0.268 e. The Morgan fingerprint density at radius 1 is 1.67 bits per heavy atom. The molecule has 2 unspecified atom stereocenters. The second-order valence-corrected chi connectivity index (χ2v) is 5.34. The Bertz CT molecular complexity index is 499. The van der Waals surface area contributed by atoms with Gasteiger partial charge in [-0.3, -0.25) is 4.79 Å². The molecule has 1 aromatic rings. The highest BCUT2D eigenvalue weighted by atomic mass is 16.5. The third kappa shape index (κ3) is 4.26. The second-order valence-electron chi connectivity index (χ2n) is 5.34. The molecule has 2 atom stereocenters. The van der Waals surface area contributed by atoms with Gasteiger partial charge in [0, 0.05) is 39.3 Å². The fraction of sp³-hybridized carbons (Fsp3) is 0.714. The van der Waals surface area contributed by atoms with Crippen molar-refractivity contribution in [1.29, 1.82) is 0 Å². The lowest BCUT2D eigenvalue weighted by Crippen LogP contribution is -2.34. The van der Waals surface area contributed by atoms with Crippen molar-refractivity contribution in [3.05, 3.63) is 22.6 Å². The van der Waals surface area contributed by atoms with Gasteiger partial charge in [-0.05, 0) is 6.42 Å². The third-order valence-electron chi connectivity index (χ3n) is 3.80. The average Bonchev–Trinajstić information content (AvgIpc) is 3.01. The predicted octanol–water partition coefficient (Wildman–Crippen LogP) is -0.277. The number of likely N-dealkylation sites (N-methyl/N-ethyl adjacent to an activating group) is 1. The molecule has 1 aromatic heterocycles. The number of nitrogens with zero attached hydrogens (tertiary/aromatic N) is 3. The molecule has 118 valence electrons. The molecule has 2 rings (SSSR count). The van der Waals surface area contributed by atoms with Gasteiger partial charge >= 0.3 is 0 Å². The smallest absolute Gasteiger partial charge is 0.268 e. The molecule has 1 fully saturated rings. The minimum atomic E-state index is -0.602. The van der Waals surface area contributed by atoms with Crippen LogP contribution in [0, 0.1) is 5.92 Å². The van der Waals surface area contributed by atoms with Gasteiger partial charge in [0.15, 0.2) is 0 Å². The van der Waals surface area contributed by atoms with E-state index in [9.17, 15) is 9.90 Å². The highest BCUT2D eigenvalue weighted by molar-refractivity contribution is 5.41. The van der Waals surface area contributed by atoms with E-state index in [-0.39, 0.29) is 18.0 Å². The van der Waals surface area contributed by atoms with Crippen LogP contribution in [0.4, 0.5) is 5.69 Å². The summed E-state index contributed by atoms with van der Waals surface area (Å²) in [5.41, 5.74) is 0.529. The van der Waals surface area contributed by atoms with Gasteiger partial charge in [-0.25, -0.2) is 4.68 Å². The maximum absolute atomic E-state index is 12.1. The van der Waals surface area contributed by atoms with Crippen LogP contribution in [0.25, 0.3) is 0 Å². The van der Waals surface area contributed by atoms with Crippen LogP contribution < -0.4 is 10.5 Å². The molecule has 0 spiro atoms. The molecular weight excluding hydrogens is 274 g/mol. The Kier molecular flexibility index (Phi) is 5.72. The highest BCUT2D eigenvalue weighted by Crippen LogP contribution is 2.17. The Morgan fingerprint density at radius 3 is 3.10 bits per heavy atom. The van der Waals surface area contributed by atoms with Crippen LogP contribution in [0.1, 0.15) is 6.42 Å². The number of aliphatic hydroxyl groups is 1. The van der Waals surface area contributed by atoms with Gasteiger partial charge in [-0.2, -0.15) is 5.10 Å². The van der Waals surface area contributed by atoms with Crippen molar-refractivity contribution in [3.8, 4) is 0 Å². The van der Waals surface area contributed by atoms with Gasteiger partial charge in [-0.1, -0.05) is 0 Å². The molecule has 2 heterocycles. The van der Waals surface area contributed by atoms with E-state index in [0.29, 0.717) is 26.4 Å². The first-order valence-corrected chi connectivity index (χ1v) is 7.15. The van der Waals surface area contributed by atoms with Crippen molar-refractivity contribution in [2.24, 2.45) is 5.92 Å². The number of anilines is 1. The first-order chi connectivity index (χ1) is 10.1. The summed E-state index contributed by atoms with van der Waals surface area (Å²) >= 11 is 0. The Labute approximate surface area is 124 Å². The molecular formula is C14H23N3O4. The summed E-state index contributed by atoms with van der Waals surface area (Å²) in [6, 6.07) is 1.53. The van der Waals surface area contributed by atoms with E-state index in [1.165, 1.54) is 10.7 Å².